The van der Waals surface area contributed by atoms with Crippen LogP contribution in [0.3, 0.4) is 0 Å². The highest BCUT2D eigenvalue weighted by atomic mass is 16.1. The molecule has 0 bridgehead atoms. The Balaban J connectivity index is 1.48. The van der Waals surface area contributed by atoms with Crippen molar-refractivity contribution in [3.63, 3.8) is 0 Å². The zero-order chi connectivity index (χ0) is 24.5. The lowest BCUT2D eigenvalue weighted by molar-refractivity contribution is 0.0952. The van der Waals surface area contributed by atoms with Crippen molar-refractivity contribution in [3.05, 3.63) is 95.1 Å². The van der Waals surface area contributed by atoms with Gasteiger partial charge in [-0.3, -0.25) is 9.48 Å². The van der Waals surface area contributed by atoms with Crippen LogP contribution in [-0.2, 0) is 13.1 Å². The van der Waals surface area contributed by atoms with Gasteiger partial charge in [0, 0.05) is 41.0 Å². The molecular weight excluding hydrogens is 436 g/mol. The monoisotopic (exact) mass is 464 g/mol. The van der Waals surface area contributed by atoms with Gasteiger partial charge >= 0.3 is 0 Å². The second-order valence-electron chi connectivity index (χ2n) is 8.61. The third kappa shape index (κ3) is 4.10. The molecule has 5 aromatic rings. The van der Waals surface area contributed by atoms with E-state index in [4.69, 9.17) is 10.1 Å². The summed E-state index contributed by atoms with van der Waals surface area (Å²) in [4.78, 5) is 18.3. The molecule has 3 aromatic heterocycles. The van der Waals surface area contributed by atoms with Gasteiger partial charge in [0.25, 0.3) is 5.91 Å². The van der Waals surface area contributed by atoms with Crippen molar-refractivity contribution in [2.75, 3.05) is 0 Å². The van der Waals surface area contributed by atoms with E-state index >= 15 is 0 Å². The fourth-order valence-corrected chi connectivity index (χ4v) is 4.53. The Morgan fingerprint density at radius 2 is 1.71 bits per heavy atom. The van der Waals surface area contributed by atoms with E-state index in [0.29, 0.717) is 12.1 Å². The highest BCUT2D eigenvalue weighted by Gasteiger charge is 2.18. The molecule has 2 aromatic carbocycles. The van der Waals surface area contributed by atoms with Crippen molar-refractivity contribution in [3.8, 4) is 16.9 Å². The summed E-state index contributed by atoms with van der Waals surface area (Å²) in [5.41, 5.74) is 8.01. The van der Waals surface area contributed by atoms with Crippen LogP contribution in [0.1, 0.15) is 39.9 Å². The Morgan fingerprint density at radius 3 is 2.46 bits per heavy atom. The molecule has 1 amide bonds. The number of amides is 1. The number of benzene rings is 2. The van der Waals surface area contributed by atoms with Crippen LogP contribution >= 0.6 is 0 Å². The van der Waals surface area contributed by atoms with Crippen molar-refractivity contribution in [2.24, 2.45) is 0 Å². The zero-order valence-corrected chi connectivity index (χ0v) is 20.4. The molecule has 3 heterocycles. The summed E-state index contributed by atoms with van der Waals surface area (Å²) in [6, 6.07) is 19.6. The van der Waals surface area contributed by atoms with Crippen LogP contribution in [0.5, 0.6) is 0 Å². The van der Waals surface area contributed by atoms with Gasteiger partial charge in [0.05, 0.1) is 34.4 Å². The molecule has 0 atom stereocenters. The number of para-hydroxylation sites is 2. The number of nitrogens with zero attached hydrogens (tertiary/aromatic N) is 5. The predicted octanol–water partition coefficient (Wildman–Crippen LogP) is 5.16. The standard InChI is InChI=1S/C28H28N6O/c1-5-33-19(3)25(17-30-33)27-15-23(22-13-9-10-14-26(22)31-27)28(35)29-16-24-18(2)32-34(20(24)4)21-11-7-6-8-12-21/h6-15,17H,5,16H2,1-4H3,(H,29,35). The summed E-state index contributed by atoms with van der Waals surface area (Å²) in [6.45, 7) is 9.26. The van der Waals surface area contributed by atoms with E-state index in [2.05, 4.69) is 17.3 Å². The van der Waals surface area contributed by atoms with E-state index in [-0.39, 0.29) is 5.91 Å². The van der Waals surface area contributed by atoms with Crippen LogP contribution in [0, 0.1) is 20.8 Å². The number of hydrogen-bond acceptors (Lipinski definition) is 4. The minimum absolute atomic E-state index is 0.142. The highest BCUT2D eigenvalue weighted by Crippen LogP contribution is 2.27. The number of aromatic nitrogens is 5. The van der Waals surface area contributed by atoms with Gasteiger partial charge in [-0.1, -0.05) is 36.4 Å². The van der Waals surface area contributed by atoms with E-state index < -0.39 is 0 Å². The topological polar surface area (TPSA) is 77.6 Å². The molecular formula is C28H28N6O. The normalized spacial score (nSPS) is 11.2. The number of nitrogens with one attached hydrogen (secondary N) is 1. The summed E-state index contributed by atoms with van der Waals surface area (Å²) in [5.74, 6) is -0.142. The van der Waals surface area contributed by atoms with Gasteiger partial charge in [0.1, 0.15) is 0 Å². The Morgan fingerprint density at radius 1 is 0.971 bits per heavy atom. The summed E-state index contributed by atoms with van der Waals surface area (Å²) in [5, 5.41) is 13.1. The van der Waals surface area contributed by atoms with Crippen LogP contribution in [0.25, 0.3) is 27.8 Å². The minimum Gasteiger partial charge on any atom is -0.348 e. The number of hydrogen-bond donors (Lipinski definition) is 1. The van der Waals surface area contributed by atoms with Crippen LogP contribution in [0.4, 0.5) is 0 Å². The van der Waals surface area contributed by atoms with Crippen LogP contribution < -0.4 is 5.32 Å². The van der Waals surface area contributed by atoms with E-state index in [9.17, 15) is 4.79 Å². The molecule has 1 N–H and O–H groups in total. The Bertz CT molecular complexity index is 1530. The molecule has 0 unspecified atom stereocenters. The quantitative estimate of drug-likeness (QED) is 0.377. The molecule has 0 aliphatic carbocycles. The van der Waals surface area contributed by atoms with E-state index in [1.54, 1.807) is 0 Å². The molecule has 0 saturated heterocycles. The molecule has 0 spiro atoms. The van der Waals surface area contributed by atoms with Crippen LogP contribution in [0.2, 0.25) is 0 Å². The van der Waals surface area contributed by atoms with Gasteiger partial charge in [0.2, 0.25) is 0 Å². The Labute approximate surface area is 204 Å². The van der Waals surface area contributed by atoms with Crippen LogP contribution in [-0.4, -0.2) is 30.5 Å². The van der Waals surface area contributed by atoms with Crippen molar-refractivity contribution in [1.29, 1.82) is 0 Å². The number of pyridine rings is 1. The summed E-state index contributed by atoms with van der Waals surface area (Å²) >= 11 is 0. The van der Waals surface area contributed by atoms with Gasteiger partial charge in [-0.15, -0.1) is 0 Å². The van der Waals surface area contributed by atoms with Gasteiger partial charge in [-0.25, -0.2) is 9.67 Å². The highest BCUT2D eigenvalue weighted by molar-refractivity contribution is 6.07. The first kappa shape index (κ1) is 22.5. The Kier molecular flexibility index (Phi) is 5.91. The molecule has 0 aliphatic heterocycles. The maximum absolute atomic E-state index is 13.5. The second-order valence-corrected chi connectivity index (χ2v) is 8.61. The molecule has 5 rings (SSSR count). The molecule has 176 valence electrons. The van der Waals surface area contributed by atoms with Gasteiger partial charge in [-0.2, -0.15) is 10.2 Å². The lowest BCUT2D eigenvalue weighted by Crippen LogP contribution is -2.24. The van der Waals surface area contributed by atoms with Crippen LogP contribution in [0.15, 0.2) is 66.9 Å². The lowest BCUT2D eigenvalue weighted by Gasteiger charge is -2.11. The number of carbonyl (C=O) groups is 1. The first-order chi connectivity index (χ1) is 17.0. The molecule has 7 nitrogen and oxygen atoms in total. The number of rotatable bonds is 6. The second kappa shape index (κ2) is 9.18. The molecule has 35 heavy (non-hydrogen) atoms. The van der Waals surface area contributed by atoms with E-state index in [1.807, 2.05) is 97.0 Å². The molecule has 0 saturated carbocycles. The fourth-order valence-electron chi connectivity index (χ4n) is 4.53. The van der Waals surface area contributed by atoms with Crippen molar-refractivity contribution >= 4 is 16.8 Å². The third-order valence-corrected chi connectivity index (χ3v) is 6.51. The van der Waals surface area contributed by atoms with Crippen molar-refractivity contribution in [2.45, 2.75) is 40.8 Å². The zero-order valence-electron chi connectivity index (χ0n) is 20.4. The molecule has 0 radical (unpaired) electrons. The predicted molar refractivity (Wildman–Crippen MR) is 138 cm³/mol. The minimum atomic E-state index is -0.142. The maximum Gasteiger partial charge on any atom is 0.252 e. The van der Waals surface area contributed by atoms with Gasteiger partial charge < -0.3 is 5.32 Å². The van der Waals surface area contributed by atoms with Gasteiger partial charge in [-0.05, 0) is 52.0 Å². The number of carbonyl (C=O) groups excluding carboxylic acids is 1. The molecule has 7 heteroatoms. The number of aryl methyl sites for hydroxylation is 2. The van der Waals surface area contributed by atoms with Crippen molar-refractivity contribution < 1.29 is 4.79 Å². The average Bonchev–Trinajstić information content (AvgIpc) is 3.40. The third-order valence-electron chi connectivity index (χ3n) is 6.51. The van der Waals surface area contributed by atoms with E-state index in [1.165, 1.54) is 0 Å². The summed E-state index contributed by atoms with van der Waals surface area (Å²) < 4.78 is 3.85. The summed E-state index contributed by atoms with van der Waals surface area (Å²) in [7, 11) is 0. The SMILES string of the molecule is CCn1ncc(-c2cc(C(=O)NCc3c(C)nn(-c4ccccc4)c3C)c3ccccc3n2)c1C. The first-order valence-corrected chi connectivity index (χ1v) is 11.8. The Hall–Kier alpha value is -4.26. The first-order valence-electron chi connectivity index (χ1n) is 11.8. The smallest absolute Gasteiger partial charge is 0.252 e. The molecule has 0 fully saturated rings. The molecule has 0 aliphatic rings. The lowest BCUT2D eigenvalue weighted by atomic mass is 10.0. The van der Waals surface area contributed by atoms with Gasteiger partial charge in [0.15, 0.2) is 0 Å². The van der Waals surface area contributed by atoms with E-state index in [0.717, 1.165) is 57.0 Å². The fraction of sp³-hybridized carbons (Fsp3) is 0.214. The largest absolute Gasteiger partial charge is 0.348 e. The summed E-state index contributed by atoms with van der Waals surface area (Å²) in [6.07, 6.45) is 1.82. The number of fused-ring (bicyclic) bond motifs is 1. The van der Waals surface area contributed by atoms with Crippen molar-refractivity contribution in [1.82, 2.24) is 29.9 Å². The average molecular weight is 465 g/mol. The maximum atomic E-state index is 13.5.